The summed E-state index contributed by atoms with van der Waals surface area (Å²) in [5.74, 6) is 0.389. The van der Waals surface area contributed by atoms with Crippen LogP contribution in [0.2, 0.25) is 5.02 Å². The van der Waals surface area contributed by atoms with Gasteiger partial charge in [0.05, 0.1) is 5.75 Å². The lowest BCUT2D eigenvalue weighted by molar-refractivity contribution is -0.118. The topological polar surface area (TPSA) is 55.1 Å². The molecule has 1 aromatic carbocycles. The summed E-state index contributed by atoms with van der Waals surface area (Å²) in [4.78, 5) is 11.3. The minimum Gasteiger partial charge on any atom is -0.358 e. The first-order valence-corrected chi connectivity index (χ1v) is 7.35. The van der Waals surface area contributed by atoms with Crippen LogP contribution in [0.4, 0.5) is 0 Å². The molecule has 0 heterocycles. The van der Waals surface area contributed by atoms with Crippen LogP contribution < -0.4 is 11.1 Å². The lowest BCUT2D eigenvalue weighted by Crippen LogP contribution is -2.28. The molecule has 0 bridgehead atoms. The molecule has 3 nitrogen and oxygen atoms in total. The first-order valence-electron chi connectivity index (χ1n) is 5.92. The quantitative estimate of drug-likeness (QED) is 0.845. The van der Waals surface area contributed by atoms with Crippen molar-refractivity contribution in [1.82, 2.24) is 5.32 Å². The van der Waals surface area contributed by atoms with Gasteiger partial charge in [0, 0.05) is 23.4 Å². The molecule has 0 saturated heterocycles. The van der Waals surface area contributed by atoms with Crippen molar-refractivity contribution in [1.29, 1.82) is 0 Å². The second kappa shape index (κ2) is 7.67. The summed E-state index contributed by atoms with van der Waals surface area (Å²) in [6.07, 6.45) is 0.844. The van der Waals surface area contributed by atoms with Gasteiger partial charge in [-0.25, -0.2) is 0 Å². The van der Waals surface area contributed by atoms with E-state index in [1.54, 1.807) is 7.05 Å². The number of nitrogens with two attached hydrogens (primary N) is 1. The van der Waals surface area contributed by atoms with Crippen LogP contribution in [0.3, 0.4) is 0 Å². The normalized spacial score (nSPS) is 14.0. The average Bonchev–Trinajstić information content (AvgIpc) is 2.40. The van der Waals surface area contributed by atoms with Gasteiger partial charge in [0.15, 0.2) is 0 Å². The van der Waals surface area contributed by atoms with Crippen LogP contribution >= 0.6 is 23.4 Å². The first-order chi connectivity index (χ1) is 8.60. The number of amides is 1. The van der Waals surface area contributed by atoms with Gasteiger partial charge >= 0.3 is 0 Å². The molecule has 1 rings (SSSR count). The number of hydrogen-bond donors (Lipinski definition) is 2. The maximum atomic E-state index is 11.3. The van der Waals surface area contributed by atoms with Gasteiger partial charge < -0.3 is 11.1 Å². The predicted molar refractivity (Wildman–Crippen MR) is 79.0 cm³/mol. The average molecular weight is 287 g/mol. The molecule has 5 heteroatoms. The molecule has 1 aromatic rings. The Kier molecular flexibility index (Phi) is 6.54. The molecule has 0 aliphatic rings. The number of rotatable bonds is 6. The molecular weight excluding hydrogens is 268 g/mol. The van der Waals surface area contributed by atoms with Crippen LogP contribution in [0.1, 0.15) is 24.2 Å². The van der Waals surface area contributed by atoms with Crippen molar-refractivity contribution in [2.24, 2.45) is 5.73 Å². The Labute approximate surface area is 117 Å². The predicted octanol–water partition coefficient (Wildman–Crippen LogP) is 2.60. The molecule has 0 spiro atoms. The third kappa shape index (κ3) is 4.19. The van der Waals surface area contributed by atoms with E-state index in [1.807, 2.05) is 31.2 Å². The number of nitrogens with one attached hydrogen (secondary N) is 1. The first kappa shape index (κ1) is 15.3. The van der Waals surface area contributed by atoms with E-state index in [0.717, 1.165) is 12.0 Å². The monoisotopic (exact) mass is 286 g/mol. The molecular formula is C13H19ClN2OS. The molecule has 0 saturated carbocycles. The zero-order valence-corrected chi connectivity index (χ0v) is 12.2. The summed E-state index contributed by atoms with van der Waals surface area (Å²) in [6, 6.07) is 7.65. The SMILES string of the molecule is CCC(N)C(SCC(=O)NC)c1ccccc1Cl. The van der Waals surface area contributed by atoms with Crippen LogP contribution in [0, 0.1) is 0 Å². The van der Waals surface area contributed by atoms with Crippen molar-refractivity contribution in [3.63, 3.8) is 0 Å². The maximum Gasteiger partial charge on any atom is 0.229 e. The van der Waals surface area contributed by atoms with E-state index in [2.05, 4.69) is 5.32 Å². The molecule has 0 radical (unpaired) electrons. The van der Waals surface area contributed by atoms with Gasteiger partial charge in [0.2, 0.25) is 5.91 Å². The highest BCUT2D eigenvalue weighted by molar-refractivity contribution is 8.00. The van der Waals surface area contributed by atoms with E-state index < -0.39 is 0 Å². The van der Waals surface area contributed by atoms with E-state index in [9.17, 15) is 4.79 Å². The van der Waals surface area contributed by atoms with Gasteiger partial charge in [0.25, 0.3) is 0 Å². The second-order valence-electron chi connectivity index (χ2n) is 4.00. The van der Waals surface area contributed by atoms with Crippen LogP contribution in [-0.4, -0.2) is 24.7 Å². The number of hydrogen-bond acceptors (Lipinski definition) is 3. The smallest absolute Gasteiger partial charge is 0.229 e. The molecule has 2 atom stereocenters. The van der Waals surface area contributed by atoms with Gasteiger partial charge in [-0.2, -0.15) is 0 Å². The highest BCUT2D eigenvalue weighted by Gasteiger charge is 2.22. The van der Waals surface area contributed by atoms with Crippen LogP contribution in [0.25, 0.3) is 0 Å². The molecule has 1 amide bonds. The Balaban J connectivity index is 2.85. The zero-order chi connectivity index (χ0) is 13.5. The van der Waals surface area contributed by atoms with Crippen molar-refractivity contribution < 1.29 is 4.79 Å². The number of carbonyl (C=O) groups is 1. The number of thioether (sulfide) groups is 1. The fourth-order valence-corrected chi connectivity index (χ4v) is 3.22. The number of carbonyl (C=O) groups excluding carboxylic acids is 1. The van der Waals surface area contributed by atoms with Crippen molar-refractivity contribution in [2.45, 2.75) is 24.6 Å². The van der Waals surface area contributed by atoms with Crippen molar-refractivity contribution in [2.75, 3.05) is 12.8 Å². The minimum atomic E-state index is -0.0143. The summed E-state index contributed by atoms with van der Waals surface area (Å²) in [5.41, 5.74) is 7.14. The fraction of sp³-hybridized carbons (Fsp3) is 0.462. The molecule has 2 unspecified atom stereocenters. The summed E-state index contributed by atoms with van der Waals surface area (Å²) >= 11 is 7.73. The number of benzene rings is 1. The maximum absolute atomic E-state index is 11.3. The Morgan fingerprint density at radius 3 is 2.72 bits per heavy atom. The fourth-order valence-electron chi connectivity index (χ4n) is 1.60. The molecule has 0 aromatic heterocycles. The van der Waals surface area contributed by atoms with Crippen LogP contribution in [0.15, 0.2) is 24.3 Å². The van der Waals surface area contributed by atoms with Gasteiger partial charge in [-0.15, -0.1) is 11.8 Å². The van der Waals surface area contributed by atoms with Gasteiger partial charge in [-0.3, -0.25) is 4.79 Å². The highest BCUT2D eigenvalue weighted by atomic mass is 35.5. The van der Waals surface area contributed by atoms with Gasteiger partial charge in [-0.1, -0.05) is 36.7 Å². The largest absolute Gasteiger partial charge is 0.358 e. The molecule has 0 fully saturated rings. The second-order valence-corrected chi connectivity index (χ2v) is 5.54. The number of halogens is 1. The van der Waals surface area contributed by atoms with Crippen molar-refractivity contribution in [3.8, 4) is 0 Å². The standard InChI is InChI=1S/C13H19ClN2OS/c1-3-11(15)13(18-8-12(17)16-2)9-6-4-5-7-10(9)14/h4-7,11,13H,3,8,15H2,1-2H3,(H,16,17). The third-order valence-electron chi connectivity index (χ3n) is 2.74. The molecule has 0 aliphatic heterocycles. The third-order valence-corrected chi connectivity index (χ3v) is 4.48. The summed E-state index contributed by atoms with van der Waals surface area (Å²) < 4.78 is 0. The van der Waals surface area contributed by atoms with E-state index >= 15 is 0 Å². The Morgan fingerprint density at radius 1 is 1.50 bits per heavy atom. The summed E-state index contributed by atoms with van der Waals surface area (Å²) in [7, 11) is 1.63. The van der Waals surface area contributed by atoms with Crippen LogP contribution in [0.5, 0.6) is 0 Å². The zero-order valence-electron chi connectivity index (χ0n) is 10.7. The van der Waals surface area contributed by atoms with Crippen molar-refractivity contribution in [3.05, 3.63) is 34.9 Å². The van der Waals surface area contributed by atoms with Gasteiger partial charge in [0.1, 0.15) is 0 Å². The summed E-state index contributed by atoms with van der Waals surface area (Å²) in [5, 5.41) is 3.36. The van der Waals surface area contributed by atoms with E-state index in [1.165, 1.54) is 11.8 Å². The van der Waals surface area contributed by atoms with Gasteiger partial charge in [-0.05, 0) is 18.1 Å². The highest BCUT2D eigenvalue weighted by Crippen LogP contribution is 2.36. The van der Waals surface area contributed by atoms with Crippen LogP contribution in [-0.2, 0) is 4.79 Å². The van der Waals surface area contributed by atoms with Crippen molar-refractivity contribution >= 4 is 29.3 Å². The van der Waals surface area contributed by atoms with E-state index in [0.29, 0.717) is 10.8 Å². The Morgan fingerprint density at radius 2 is 2.17 bits per heavy atom. The molecule has 3 N–H and O–H groups in total. The Hall–Kier alpha value is -0.710. The minimum absolute atomic E-state index is 0.000330. The molecule has 18 heavy (non-hydrogen) atoms. The molecule has 100 valence electrons. The Bertz CT molecular complexity index is 400. The molecule has 0 aliphatic carbocycles. The van der Waals surface area contributed by atoms with E-state index in [4.69, 9.17) is 17.3 Å². The lowest BCUT2D eigenvalue weighted by Gasteiger charge is -2.23. The lowest BCUT2D eigenvalue weighted by atomic mass is 10.0. The van der Waals surface area contributed by atoms with E-state index in [-0.39, 0.29) is 17.2 Å². The summed E-state index contributed by atoms with van der Waals surface area (Å²) in [6.45, 7) is 2.04.